The number of carbonyl (C=O) groups excluding carboxylic acids is 1. The highest BCUT2D eigenvalue weighted by Gasteiger charge is 2.15. The Bertz CT molecular complexity index is 954. The molecule has 0 aliphatic rings. The molecule has 1 amide bonds. The highest BCUT2D eigenvalue weighted by molar-refractivity contribution is 9.10. The molecule has 8 heteroatoms. The average molecular weight is 448 g/mol. The van der Waals surface area contributed by atoms with Gasteiger partial charge in [0.05, 0.1) is 11.6 Å². The number of hydrogen-bond donors (Lipinski definition) is 1. The van der Waals surface area contributed by atoms with Crippen molar-refractivity contribution in [2.24, 2.45) is 0 Å². The number of methoxy groups -OCH3 is 1. The van der Waals surface area contributed by atoms with Crippen molar-refractivity contribution >= 4 is 39.3 Å². The number of amides is 1. The minimum atomic E-state index is -0.360. The summed E-state index contributed by atoms with van der Waals surface area (Å²) in [5, 5.41) is 3.25. The van der Waals surface area contributed by atoms with E-state index in [9.17, 15) is 9.18 Å². The third-order valence-corrected chi connectivity index (χ3v) is 5.06. The molecule has 5 nitrogen and oxygen atoms in total. The van der Waals surface area contributed by atoms with Gasteiger partial charge in [0.2, 0.25) is 0 Å². The summed E-state index contributed by atoms with van der Waals surface area (Å²) >= 11 is 4.68. The lowest BCUT2D eigenvalue weighted by Gasteiger charge is -2.09. The molecular weight excluding hydrogens is 433 g/mol. The number of anilines is 1. The van der Waals surface area contributed by atoms with Crippen LogP contribution in [0.3, 0.4) is 0 Å². The van der Waals surface area contributed by atoms with Gasteiger partial charge in [-0.15, -0.1) is 0 Å². The molecule has 3 aromatic rings. The number of hydrogen-bond acceptors (Lipinski definition) is 5. The van der Waals surface area contributed by atoms with Crippen LogP contribution in [-0.2, 0) is 5.75 Å². The van der Waals surface area contributed by atoms with Gasteiger partial charge in [-0.3, -0.25) is 4.79 Å². The third-order valence-electron chi connectivity index (χ3n) is 3.55. The molecule has 1 N–H and O–H groups in total. The molecule has 0 saturated carbocycles. The van der Waals surface area contributed by atoms with Crippen molar-refractivity contribution in [2.75, 3.05) is 12.4 Å². The molecule has 0 atom stereocenters. The highest BCUT2D eigenvalue weighted by atomic mass is 79.9. The van der Waals surface area contributed by atoms with Gasteiger partial charge in [0, 0.05) is 23.7 Å². The minimum absolute atomic E-state index is 0.231. The van der Waals surface area contributed by atoms with E-state index < -0.39 is 0 Å². The normalized spacial score (nSPS) is 10.5. The monoisotopic (exact) mass is 447 g/mol. The molecule has 0 aliphatic carbocycles. The van der Waals surface area contributed by atoms with Crippen molar-refractivity contribution in [1.82, 2.24) is 9.97 Å². The molecule has 3 rings (SSSR count). The smallest absolute Gasteiger partial charge is 0.275 e. The zero-order valence-corrected chi connectivity index (χ0v) is 16.7. The number of halogens is 2. The number of nitrogens with one attached hydrogen (secondary N) is 1. The van der Waals surface area contributed by atoms with Crippen LogP contribution in [0.2, 0.25) is 0 Å². The maximum atomic E-state index is 13.0. The van der Waals surface area contributed by atoms with Crippen molar-refractivity contribution in [2.45, 2.75) is 10.9 Å². The van der Waals surface area contributed by atoms with E-state index in [2.05, 4.69) is 31.2 Å². The fourth-order valence-electron chi connectivity index (χ4n) is 2.20. The Kier molecular flexibility index (Phi) is 6.41. The van der Waals surface area contributed by atoms with Crippen LogP contribution < -0.4 is 10.1 Å². The lowest BCUT2D eigenvalue weighted by Crippen LogP contribution is -2.15. The van der Waals surface area contributed by atoms with Crippen molar-refractivity contribution in [3.63, 3.8) is 0 Å². The van der Waals surface area contributed by atoms with E-state index in [1.54, 1.807) is 49.7 Å². The maximum Gasteiger partial charge on any atom is 0.275 e. The van der Waals surface area contributed by atoms with Crippen molar-refractivity contribution in [1.29, 1.82) is 0 Å². The number of benzene rings is 2. The molecule has 0 spiro atoms. The van der Waals surface area contributed by atoms with Gasteiger partial charge in [0.15, 0.2) is 5.16 Å². The lowest BCUT2D eigenvalue weighted by atomic mass is 10.2. The minimum Gasteiger partial charge on any atom is -0.497 e. The van der Waals surface area contributed by atoms with Crippen molar-refractivity contribution in [3.8, 4) is 5.75 Å². The van der Waals surface area contributed by atoms with Crippen LogP contribution in [-0.4, -0.2) is 23.0 Å². The third kappa shape index (κ3) is 5.27. The molecule has 138 valence electrons. The molecule has 1 heterocycles. The summed E-state index contributed by atoms with van der Waals surface area (Å²) < 4.78 is 18.6. The second-order valence-electron chi connectivity index (χ2n) is 5.45. The van der Waals surface area contributed by atoms with Crippen molar-refractivity contribution < 1.29 is 13.9 Å². The molecule has 0 unspecified atom stereocenters. The second-order valence-corrected chi connectivity index (χ2v) is 7.25. The van der Waals surface area contributed by atoms with Gasteiger partial charge in [0.1, 0.15) is 17.3 Å². The summed E-state index contributed by atoms with van der Waals surface area (Å²) in [5.74, 6) is 0.574. The van der Waals surface area contributed by atoms with Gasteiger partial charge < -0.3 is 10.1 Å². The highest BCUT2D eigenvalue weighted by Crippen LogP contribution is 2.24. The predicted octanol–water partition coefficient (Wildman–Crippen LogP) is 4.93. The van der Waals surface area contributed by atoms with E-state index in [0.717, 1.165) is 5.56 Å². The Morgan fingerprint density at radius 2 is 2.04 bits per heavy atom. The molecular formula is C19H15BrFN3O2S. The standard InChI is InChI=1S/C19H15BrFN3O2S/c1-26-15-4-2-3-14(9-15)23-18(25)17-16(20)10-22-19(24-17)27-11-12-5-7-13(21)8-6-12/h2-10H,11H2,1H3,(H,23,25). The zero-order valence-electron chi connectivity index (χ0n) is 14.3. The van der Waals surface area contributed by atoms with Gasteiger partial charge >= 0.3 is 0 Å². The Morgan fingerprint density at radius 3 is 2.78 bits per heavy atom. The molecule has 2 aromatic carbocycles. The maximum absolute atomic E-state index is 13.0. The van der Waals surface area contributed by atoms with Gasteiger partial charge in [0.25, 0.3) is 5.91 Å². The summed E-state index contributed by atoms with van der Waals surface area (Å²) in [6.45, 7) is 0. The van der Waals surface area contributed by atoms with E-state index in [0.29, 0.717) is 26.8 Å². The Balaban J connectivity index is 1.72. The van der Waals surface area contributed by atoms with Gasteiger partial charge in [-0.05, 0) is 45.8 Å². The van der Waals surface area contributed by atoms with Crippen LogP contribution in [0, 0.1) is 5.82 Å². The Labute approximate surface area is 168 Å². The van der Waals surface area contributed by atoms with E-state index in [-0.39, 0.29) is 17.4 Å². The molecule has 1 aromatic heterocycles. The van der Waals surface area contributed by atoms with Crippen molar-refractivity contribution in [3.05, 3.63) is 76.3 Å². The molecule has 0 bridgehead atoms. The average Bonchev–Trinajstić information content (AvgIpc) is 2.68. The number of carbonyl (C=O) groups is 1. The molecule has 0 aliphatic heterocycles. The number of aromatic nitrogens is 2. The molecule has 0 saturated heterocycles. The molecule has 0 fully saturated rings. The summed E-state index contributed by atoms with van der Waals surface area (Å²) in [6.07, 6.45) is 1.54. The summed E-state index contributed by atoms with van der Waals surface area (Å²) in [4.78, 5) is 21.1. The van der Waals surface area contributed by atoms with Crippen LogP contribution in [0.4, 0.5) is 10.1 Å². The summed E-state index contributed by atoms with van der Waals surface area (Å²) in [6, 6.07) is 13.3. The number of rotatable bonds is 6. The first-order valence-corrected chi connectivity index (χ1v) is 9.68. The van der Waals surface area contributed by atoms with Crippen LogP contribution >= 0.6 is 27.7 Å². The predicted molar refractivity (Wildman–Crippen MR) is 107 cm³/mol. The number of ether oxygens (including phenoxy) is 1. The van der Waals surface area contributed by atoms with E-state index in [4.69, 9.17) is 4.74 Å². The van der Waals surface area contributed by atoms with Crippen LogP contribution in [0.5, 0.6) is 5.75 Å². The van der Waals surface area contributed by atoms with E-state index in [1.165, 1.54) is 23.9 Å². The number of nitrogens with zero attached hydrogens (tertiary/aromatic N) is 2. The van der Waals surface area contributed by atoms with E-state index >= 15 is 0 Å². The number of thioether (sulfide) groups is 1. The quantitative estimate of drug-likeness (QED) is 0.428. The van der Waals surface area contributed by atoms with Gasteiger partial charge in [-0.25, -0.2) is 14.4 Å². The topological polar surface area (TPSA) is 64.1 Å². The fourth-order valence-corrected chi connectivity index (χ4v) is 3.34. The lowest BCUT2D eigenvalue weighted by molar-refractivity contribution is 0.102. The van der Waals surface area contributed by atoms with E-state index in [1.807, 2.05) is 0 Å². The summed E-state index contributed by atoms with van der Waals surface area (Å²) in [5.41, 5.74) is 1.77. The second kappa shape index (κ2) is 8.96. The van der Waals surface area contributed by atoms with Crippen LogP contribution in [0.25, 0.3) is 0 Å². The Hall–Kier alpha value is -2.45. The van der Waals surface area contributed by atoms with Gasteiger partial charge in [-0.2, -0.15) is 0 Å². The first-order valence-electron chi connectivity index (χ1n) is 7.90. The van der Waals surface area contributed by atoms with Crippen LogP contribution in [0.15, 0.2) is 64.4 Å². The summed E-state index contributed by atoms with van der Waals surface area (Å²) in [7, 11) is 1.56. The first kappa shape index (κ1) is 19.3. The Morgan fingerprint density at radius 1 is 1.26 bits per heavy atom. The first-order chi connectivity index (χ1) is 13.0. The SMILES string of the molecule is COc1cccc(NC(=O)c2nc(SCc3ccc(F)cc3)ncc2Br)c1. The largest absolute Gasteiger partial charge is 0.497 e. The van der Waals surface area contributed by atoms with Gasteiger partial charge in [-0.1, -0.05) is 30.0 Å². The van der Waals surface area contributed by atoms with Crippen LogP contribution in [0.1, 0.15) is 16.1 Å². The zero-order chi connectivity index (χ0) is 19.2. The molecule has 0 radical (unpaired) electrons. The molecule has 27 heavy (non-hydrogen) atoms. The fraction of sp³-hybridized carbons (Fsp3) is 0.105.